The summed E-state index contributed by atoms with van der Waals surface area (Å²) in [6, 6.07) is 0. The molecule has 0 rings (SSSR count). The van der Waals surface area contributed by atoms with Crippen molar-refractivity contribution < 1.29 is 30.3 Å². The summed E-state index contributed by atoms with van der Waals surface area (Å²) in [7, 11) is 0. The molecule has 6 heteroatoms. The van der Waals surface area contributed by atoms with E-state index in [4.69, 9.17) is 5.11 Å². The maximum Gasteiger partial charge on any atom is 0.154 e. The number of carbonyl (C=O) groups excluding carboxylic acids is 1. The molecule has 0 aromatic rings. The molecule has 0 amide bonds. The molecule has 15 heavy (non-hydrogen) atoms. The molecule has 0 spiro atoms. The molecule has 5 N–H and O–H groups in total. The quantitative estimate of drug-likeness (QED) is 0.337. The Morgan fingerprint density at radius 3 is 1.80 bits per heavy atom. The van der Waals surface area contributed by atoms with Gasteiger partial charge in [-0.3, -0.25) is 0 Å². The smallest absolute Gasteiger partial charge is 0.154 e. The van der Waals surface area contributed by atoms with Gasteiger partial charge >= 0.3 is 0 Å². The predicted octanol–water partition coefficient (Wildman–Crippen LogP) is -2.21. The summed E-state index contributed by atoms with van der Waals surface area (Å²) < 4.78 is 0. The summed E-state index contributed by atoms with van der Waals surface area (Å²) >= 11 is 0. The summed E-state index contributed by atoms with van der Waals surface area (Å²) in [4.78, 5) is 10.5. The minimum Gasteiger partial charge on any atom is -0.391 e. The zero-order valence-electron chi connectivity index (χ0n) is 8.95. The number of aliphatic hydroxyl groups is 5. The van der Waals surface area contributed by atoms with E-state index in [0.717, 1.165) is 13.8 Å². The molecule has 0 aliphatic carbocycles. The third-order valence-corrected chi connectivity index (χ3v) is 2.65. The van der Waals surface area contributed by atoms with Crippen molar-refractivity contribution in [2.45, 2.75) is 50.3 Å². The first-order valence-electron chi connectivity index (χ1n) is 4.53. The minimum absolute atomic E-state index is 0.0605. The van der Waals surface area contributed by atoms with Crippen LogP contribution in [-0.4, -0.2) is 61.3 Å². The Kier molecular flexibility index (Phi) is 4.38. The van der Waals surface area contributed by atoms with E-state index >= 15 is 0 Å². The van der Waals surface area contributed by atoms with E-state index in [0.29, 0.717) is 0 Å². The van der Waals surface area contributed by atoms with Crippen LogP contribution in [-0.2, 0) is 4.79 Å². The van der Waals surface area contributed by atoms with Gasteiger partial charge < -0.3 is 30.3 Å². The molecule has 90 valence electrons. The van der Waals surface area contributed by atoms with Crippen molar-refractivity contribution in [1.29, 1.82) is 0 Å². The standard InChI is InChI=1S/C9H18O6/c1-5(11)6(12)7(13)9(3,15)8(2,14)4-10/h4-7,11-15H,1-3H3/t5?,6-,7-,8+,9+/m1/s1. The van der Waals surface area contributed by atoms with Crippen LogP contribution in [0.15, 0.2) is 0 Å². The molecule has 0 aliphatic rings. The van der Waals surface area contributed by atoms with Crippen molar-refractivity contribution in [1.82, 2.24) is 0 Å². The zero-order valence-corrected chi connectivity index (χ0v) is 8.95. The Morgan fingerprint density at radius 2 is 1.53 bits per heavy atom. The van der Waals surface area contributed by atoms with Crippen LogP contribution in [0, 0.1) is 0 Å². The molecule has 0 radical (unpaired) electrons. The highest BCUT2D eigenvalue weighted by atomic mass is 16.4. The van der Waals surface area contributed by atoms with Crippen LogP contribution in [0.1, 0.15) is 20.8 Å². The highest BCUT2D eigenvalue weighted by Crippen LogP contribution is 2.26. The Morgan fingerprint density at radius 1 is 1.13 bits per heavy atom. The Bertz CT molecular complexity index is 223. The van der Waals surface area contributed by atoms with E-state index in [-0.39, 0.29) is 6.29 Å². The van der Waals surface area contributed by atoms with E-state index < -0.39 is 29.5 Å². The third-order valence-electron chi connectivity index (χ3n) is 2.65. The van der Waals surface area contributed by atoms with Gasteiger partial charge in [0.05, 0.1) is 6.10 Å². The van der Waals surface area contributed by atoms with Crippen LogP contribution in [0.4, 0.5) is 0 Å². The van der Waals surface area contributed by atoms with Gasteiger partial charge in [0.1, 0.15) is 23.4 Å². The molecular weight excluding hydrogens is 204 g/mol. The van der Waals surface area contributed by atoms with Gasteiger partial charge in [-0.2, -0.15) is 0 Å². The van der Waals surface area contributed by atoms with Gasteiger partial charge in [0.25, 0.3) is 0 Å². The molecule has 6 nitrogen and oxygen atoms in total. The highest BCUT2D eigenvalue weighted by molar-refractivity contribution is 5.64. The number of hydrogen-bond acceptors (Lipinski definition) is 6. The first-order chi connectivity index (χ1) is 6.58. The Hall–Kier alpha value is -0.530. The number of aldehydes is 1. The average molecular weight is 222 g/mol. The van der Waals surface area contributed by atoms with E-state index in [1.165, 1.54) is 6.92 Å². The van der Waals surface area contributed by atoms with E-state index in [2.05, 4.69) is 0 Å². The third kappa shape index (κ3) is 2.73. The first-order valence-corrected chi connectivity index (χ1v) is 4.53. The van der Waals surface area contributed by atoms with Gasteiger partial charge in [-0.25, -0.2) is 0 Å². The van der Waals surface area contributed by atoms with Gasteiger partial charge in [0.2, 0.25) is 0 Å². The molecule has 0 saturated heterocycles. The van der Waals surface area contributed by atoms with Gasteiger partial charge in [-0.05, 0) is 20.8 Å². The molecular formula is C9H18O6. The molecule has 0 aromatic heterocycles. The van der Waals surface area contributed by atoms with Crippen molar-refractivity contribution >= 4 is 6.29 Å². The highest BCUT2D eigenvalue weighted by Gasteiger charge is 2.50. The number of aliphatic hydroxyl groups excluding tert-OH is 3. The molecule has 0 aromatic carbocycles. The molecule has 0 bridgehead atoms. The van der Waals surface area contributed by atoms with Crippen LogP contribution >= 0.6 is 0 Å². The lowest BCUT2D eigenvalue weighted by Gasteiger charge is -2.40. The maximum atomic E-state index is 10.5. The molecule has 0 aliphatic heterocycles. The van der Waals surface area contributed by atoms with E-state index in [1.807, 2.05) is 0 Å². The summed E-state index contributed by atoms with van der Waals surface area (Å²) in [6.07, 6.45) is -4.75. The van der Waals surface area contributed by atoms with Crippen LogP contribution in [0.5, 0.6) is 0 Å². The normalized spacial score (nSPS) is 25.9. The van der Waals surface area contributed by atoms with E-state index in [1.54, 1.807) is 0 Å². The van der Waals surface area contributed by atoms with Crippen LogP contribution < -0.4 is 0 Å². The summed E-state index contributed by atoms with van der Waals surface area (Å²) in [5.74, 6) is 0. The van der Waals surface area contributed by atoms with Crippen LogP contribution in [0.2, 0.25) is 0 Å². The fourth-order valence-corrected chi connectivity index (χ4v) is 1.02. The second-order valence-electron chi connectivity index (χ2n) is 4.09. The number of carbonyl (C=O) groups is 1. The molecule has 0 saturated carbocycles. The Balaban J connectivity index is 4.95. The lowest BCUT2D eigenvalue weighted by atomic mass is 9.79. The summed E-state index contributed by atoms with van der Waals surface area (Å²) in [5.41, 5.74) is -4.48. The largest absolute Gasteiger partial charge is 0.391 e. The summed E-state index contributed by atoms with van der Waals surface area (Å²) in [5, 5.41) is 47.0. The minimum atomic E-state index is -2.26. The summed E-state index contributed by atoms with van der Waals surface area (Å²) in [6.45, 7) is 3.20. The second kappa shape index (κ2) is 4.54. The van der Waals surface area contributed by atoms with Gasteiger partial charge in [-0.15, -0.1) is 0 Å². The second-order valence-corrected chi connectivity index (χ2v) is 4.09. The predicted molar refractivity (Wildman–Crippen MR) is 51.0 cm³/mol. The fourth-order valence-electron chi connectivity index (χ4n) is 1.02. The SMILES string of the molecule is CC(O)[C@@H](O)[C@@H](O)[C@](C)(O)[C@@](C)(O)C=O. The van der Waals surface area contributed by atoms with Crippen molar-refractivity contribution in [3.63, 3.8) is 0 Å². The maximum absolute atomic E-state index is 10.5. The van der Waals surface area contributed by atoms with Crippen molar-refractivity contribution in [3.05, 3.63) is 0 Å². The van der Waals surface area contributed by atoms with Gasteiger partial charge in [0, 0.05) is 0 Å². The molecule has 5 atom stereocenters. The molecule has 0 heterocycles. The van der Waals surface area contributed by atoms with E-state index in [9.17, 15) is 25.2 Å². The van der Waals surface area contributed by atoms with Crippen molar-refractivity contribution in [2.24, 2.45) is 0 Å². The average Bonchev–Trinajstić information content (AvgIpc) is 2.14. The number of rotatable bonds is 5. The van der Waals surface area contributed by atoms with Gasteiger partial charge in [0.15, 0.2) is 6.29 Å². The lowest BCUT2D eigenvalue weighted by Crippen LogP contribution is -2.63. The topological polar surface area (TPSA) is 118 Å². The Labute approximate surface area is 87.8 Å². The monoisotopic (exact) mass is 222 g/mol. The number of hydrogen-bond donors (Lipinski definition) is 5. The zero-order chi connectivity index (χ0) is 12.4. The molecule has 0 fully saturated rings. The first kappa shape index (κ1) is 14.5. The fraction of sp³-hybridized carbons (Fsp3) is 0.889. The molecule has 1 unspecified atom stereocenters. The van der Waals surface area contributed by atoms with Crippen molar-refractivity contribution in [3.8, 4) is 0 Å². The lowest BCUT2D eigenvalue weighted by molar-refractivity contribution is -0.210. The van der Waals surface area contributed by atoms with Gasteiger partial charge in [-0.1, -0.05) is 0 Å². The van der Waals surface area contributed by atoms with Crippen LogP contribution in [0.3, 0.4) is 0 Å². The van der Waals surface area contributed by atoms with Crippen molar-refractivity contribution in [2.75, 3.05) is 0 Å². The van der Waals surface area contributed by atoms with Crippen LogP contribution in [0.25, 0.3) is 0 Å².